The first-order chi connectivity index (χ1) is 7.83. The quantitative estimate of drug-likeness (QED) is 0.645. The van der Waals surface area contributed by atoms with E-state index in [4.69, 9.17) is 4.74 Å². The summed E-state index contributed by atoms with van der Waals surface area (Å²) in [6.07, 6.45) is 1.14. The van der Waals surface area contributed by atoms with Gasteiger partial charge in [0.15, 0.2) is 0 Å². The molecule has 1 aromatic rings. The molecular formula is C10H20N4OS. The monoisotopic (exact) mass is 244 g/mol. The van der Waals surface area contributed by atoms with E-state index in [2.05, 4.69) is 26.9 Å². The largest absolute Gasteiger partial charge is 0.383 e. The lowest BCUT2D eigenvalue weighted by Gasteiger charge is -2.15. The lowest BCUT2D eigenvalue weighted by Crippen LogP contribution is -2.26. The Bertz CT molecular complexity index is 255. The summed E-state index contributed by atoms with van der Waals surface area (Å²) in [7, 11) is 3.85. The summed E-state index contributed by atoms with van der Waals surface area (Å²) in [6.45, 7) is 4.71. The van der Waals surface area contributed by atoms with Gasteiger partial charge in [-0.25, -0.2) is 0 Å². The van der Waals surface area contributed by atoms with Crippen molar-refractivity contribution in [3.63, 3.8) is 0 Å². The minimum atomic E-state index is 0.800. The van der Waals surface area contributed by atoms with Crippen LogP contribution in [0.4, 0.5) is 0 Å². The Kier molecular flexibility index (Phi) is 7.24. The normalized spacial score (nSPS) is 11.2. The number of ether oxygens (including phenoxy) is 1. The van der Waals surface area contributed by atoms with Gasteiger partial charge in [0.1, 0.15) is 0 Å². The molecule has 92 valence electrons. The fourth-order valence-corrected chi connectivity index (χ4v) is 1.76. The first-order valence-electron chi connectivity index (χ1n) is 5.47. The standard InChI is InChI=1S/C10H20N4OS/c1-14(6-7-15-2)5-3-4-11-8-10-9-16-13-12-10/h9,11H,3-8H2,1-2H3. The molecule has 1 rings (SSSR count). The Hall–Kier alpha value is -0.560. The molecule has 5 nitrogen and oxygen atoms in total. The van der Waals surface area contributed by atoms with Gasteiger partial charge in [0.2, 0.25) is 0 Å². The highest BCUT2D eigenvalue weighted by atomic mass is 32.1. The minimum absolute atomic E-state index is 0.800. The molecule has 0 aliphatic rings. The second kappa shape index (κ2) is 8.58. The molecule has 0 spiro atoms. The summed E-state index contributed by atoms with van der Waals surface area (Å²) in [5.41, 5.74) is 1.03. The van der Waals surface area contributed by atoms with Crippen LogP contribution >= 0.6 is 11.5 Å². The zero-order valence-electron chi connectivity index (χ0n) is 9.98. The van der Waals surface area contributed by atoms with Gasteiger partial charge in [-0.15, -0.1) is 5.10 Å². The van der Waals surface area contributed by atoms with E-state index < -0.39 is 0 Å². The van der Waals surface area contributed by atoms with Crippen molar-refractivity contribution >= 4 is 11.5 Å². The average molecular weight is 244 g/mol. The van der Waals surface area contributed by atoms with Crippen molar-refractivity contribution < 1.29 is 4.74 Å². The molecule has 6 heteroatoms. The maximum atomic E-state index is 5.02. The molecule has 0 unspecified atom stereocenters. The van der Waals surface area contributed by atoms with Gasteiger partial charge in [-0.05, 0) is 38.1 Å². The Morgan fingerprint density at radius 3 is 3.06 bits per heavy atom. The maximum absolute atomic E-state index is 5.02. The summed E-state index contributed by atoms with van der Waals surface area (Å²) in [4.78, 5) is 2.27. The third-order valence-electron chi connectivity index (χ3n) is 2.28. The number of hydrogen-bond acceptors (Lipinski definition) is 6. The van der Waals surface area contributed by atoms with Crippen LogP contribution in [-0.4, -0.2) is 54.9 Å². The number of aromatic nitrogens is 2. The molecule has 0 saturated carbocycles. The zero-order valence-corrected chi connectivity index (χ0v) is 10.8. The molecule has 0 amide bonds. The topological polar surface area (TPSA) is 50.3 Å². The first-order valence-corrected chi connectivity index (χ1v) is 6.30. The molecule has 0 aliphatic heterocycles. The second-order valence-electron chi connectivity index (χ2n) is 3.72. The fourth-order valence-electron chi connectivity index (χ4n) is 1.31. The highest BCUT2D eigenvalue weighted by molar-refractivity contribution is 7.03. The molecule has 1 N–H and O–H groups in total. The molecule has 0 aromatic carbocycles. The van der Waals surface area contributed by atoms with Crippen LogP contribution in [0.1, 0.15) is 12.1 Å². The SMILES string of the molecule is COCCN(C)CCCNCc1csnn1. The van der Waals surface area contributed by atoms with E-state index >= 15 is 0 Å². The van der Waals surface area contributed by atoms with Crippen LogP contribution in [0, 0.1) is 0 Å². The van der Waals surface area contributed by atoms with Crippen LogP contribution in [0.15, 0.2) is 5.38 Å². The Balaban J connectivity index is 1.91. The number of hydrogen-bond donors (Lipinski definition) is 1. The van der Waals surface area contributed by atoms with Gasteiger partial charge in [-0.2, -0.15) is 0 Å². The third kappa shape index (κ3) is 6.12. The molecule has 0 aliphatic carbocycles. The molecule has 0 radical (unpaired) electrons. The van der Waals surface area contributed by atoms with Gasteiger partial charge in [0, 0.05) is 25.6 Å². The highest BCUT2D eigenvalue weighted by Gasteiger charge is 1.98. The van der Waals surface area contributed by atoms with Crippen LogP contribution in [0.25, 0.3) is 0 Å². The van der Waals surface area contributed by atoms with Crippen LogP contribution in [0.2, 0.25) is 0 Å². The molecule has 0 fully saturated rings. The number of nitrogens with zero attached hydrogens (tertiary/aromatic N) is 3. The molecule has 1 aromatic heterocycles. The van der Waals surface area contributed by atoms with Gasteiger partial charge in [0.25, 0.3) is 0 Å². The van der Waals surface area contributed by atoms with Crippen LogP contribution in [0.3, 0.4) is 0 Å². The summed E-state index contributed by atoms with van der Waals surface area (Å²) < 4.78 is 8.83. The van der Waals surface area contributed by atoms with Crippen molar-refractivity contribution in [1.82, 2.24) is 19.8 Å². The lowest BCUT2D eigenvalue weighted by atomic mass is 10.3. The summed E-state index contributed by atoms with van der Waals surface area (Å²) >= 11 is 1.39. The first kappa shape index (κ1) is 13.5. The highest BCUT2D eigenvalue weighted by Crippen LogP contribution is 1.95. The third-order valence-corrected chi connectivity index (χ3v) is 2.84. The van der Waals surface area contributed by atoms with E-state index in [1.165, 1.54) is 11.5 Å². The summed E-state index contributed by atoms with van der Waals surface area (Å²) in [5.74, 6) is 0. The van der Waals surface area contributed by atoms with E-state index in [1.807, 2.05) is 5.38 Å². The molecule has 16 heavy (non-hydrogen) atoms. The van der Waals surface area contributed by atoms with E-state index in [9.17, 15) is 0 Å². The van der Waals surface area contributed by atoms with Crippen LogP contribution < -0.4 is 5.32 Å². The van der Waals surface area contributed by atoms with Crippen LogP contribution in [-0.2, 0) is 11.3 Å². The van der Waals surface area contributed by atoms with Gasteiger partial charge >= 0.3 is 0 Å². The average Bonchev–Trinajstić information content (AvgIpc) is 2.79. The van der Waals surface area contributed by atoms with Crippen molar-refractivity contribution in [3.8, 4) is 0 Å². The molecule has 0 bridgehead atoms. The van der Waals surface area contributed by atoms with E-state index in [0.29, 0.717) is 0 Å². The van der Waals surface area contributed by atoms with Gasteiger partial charge in [-0.3, -0.25) is 0 Å². The van der Waals surface area contributed by atoms with Gasteiger partial charge < -0.3 is 15.0 Å². The molecule has 0 atom stereocenters. The van der Waals surface area contributed by atoms with Crippen molar-refractivity contribution in [2.75, 3.05) is 40.4 Å². The van der Waals surface area contributed by atoms with E-state index in [1.54, 1.807) is 7.11 Å². The van der Waals surface area contributed by atoms with Crippen LogP contribution in [0.5, 0.6) is 0 Å². The number of likely N-dealkylation sites (N-methyl/N-ethyl adjacent to an activating group) is 1. The molecule has 0 saturated heterocycles. The van der Waals surface area contributed by atoms with Crippen molar-refractivity contribution in [1.29, 1.82) is 0 Å². The van der Waals surface area contributed by atoms with E-state index in [0.717, 1.165) is 44.9 Å². The van der Waals surface area contributed by atoms with Crippen molar-refractivity contribution in [2.24, 2.45) is 0 Å². The second-order valence-corrected chi connectivity index (χ2v) is 4.33. The summed E-state index contributed by atoms with van der Waals surface area (Å²) in [6, 6.07) is 0. The number of methoxy groups -OCH3 is 1. The van der Waals surface area contributed by atoms with Gasteiger partial charge in [-0.1, -0.05) is 4.49 Å². The zero-order chi connectivity index (χ0) is 11.6. The van der Waals surface area contributed by atoms with E-state index in [-0.39, 0.29) is 0 Å². The smallest absolute Gasteiger partial charge is 0.0893 e. The van der Waals surface area contributed by atoms with Gasteiger partial charge in [0.05, 0.1) is 12.3 Å². The maximum Gasteiger partial charge on any atom is 0.0893 e. The summed E-state index contributed by atoms with van der Waals surface area (Å²) in [5, 5.41) is 9.28. The van der Waals surface area contributed by atoms with Crippen molar-refractivity contribution in [2.45, 2.75) is 13.0 Å². The number of rotatable bonds is 9. The predicted octanol–water partition coefficient (Wildman–Crippen LogP) is 0.596. The lowest BCUT2D eigenvalue weighted by molar-refractivity contribution is 0.160. The Morgan fingerprint density at radius 1 is 1.50 bits per heavy atom. The number of nitrogens with one attached hydrogen (secondary N) is 1. The molecular weight excluding hydrogens is 224 g/mol. The molecule has 1 heterocycles. The minimum Gasteiger partial charge on any atom is -0.383 e. The Morgan fingerprint density at radius 2 is 2.38 bits per heavy atom. The van der Waals surface area contributed by atoms with Crippen molar-refractivity contribution in [3.05, 3.63) is 11.1 Å². The predicted molar refractivity (Wildman–Crippen MR) is 65.6 cm³/mol. The fraction of sp³-hybridized carbons (Fsp3) is 0.800. The Labute approximate surface area is 101 Å².